The highest BCUT2D eigenvalue weighted by atomic mass is 35.5. The fourth-order valence-electron chi connectivity index (χ4n) is 2.73. The minimum absolute atomic E-state index is 0.722. The molecule has 2 aromatic rings. The van der Waals surface area contributed by atoms with Crippen LogP contribution >= 0.6 is 23.2 Å². The van der Waals surface area contributed by atoms with E-state index in [-0.39, 0.29) is 0 Å². The van der Waals surface area contributed by atoms with Gasteiger partial charge in [-0.25, -0.2) is 0 Å². The van der Waals surface area contributed by atoms with Crippen LogP contribution in [0.25, 0.3) is 0 Å². The summed E-state index contributed by atoms with van der Waals surface area (Å²) in [5.74, 6) is 0. The van der Waals surface area contributed by atoms with Gasteiger partial charge < -0.3 is 10.6 Å². The Morgan fingerprint density at radius 1 is 1.10 bits per heavy atom. The Hall–Kier alpha value is -1.38. The first-order valence-corrected chi connectivity index (χ1v) is 7.47. The Kier molecular flexibility index (Phi) is 3.77. The molecule has 0 amide bonds. The molecule has 0 radical (unpaired) electrons. The summed E-state index contributed by atoms with van der Waals surface area (Å²) in [6, 6.07) is 11.8. The van der Waals surface area contributed by atoms with Crippen molar-refractivity contribution in [3.8, 4) is 0 Å². The molecule has 3 rings (SSSR count). The van der Waals surface area contributed by atoms with Crippen LogP contribution in [0.1, 0.15) is 17.5 Å². The van der Waals surface area contributed by atoms with E-state index in [1.54, 1.807) is 0 Å². The van der Waals surface area contributed by atoms with Crippen molar-refractivity contribution in [3.05, 3.63) is 57.6 Å². The Bertz CT molecular complexity index is 620. The highest BCUT2D eigenvalue weighted by Crippen LogP contribution is 2.33. The predicted octanol–water partition coefficient (Wildman–Crippen LogP) is 4.53. The maximum absolute atomic E-state index is 6.27. The average molecular weight is 307 g/mol. The Morgan fingerprint density at radius 3 is 2.60 bits per heavy atom. The Labute approximate surface area is 129 Å². The van der Waals surface area contributed by atoms with Crippen molar-refractivity contribution in [1.82, 2.24) is 0 Å². The minimum atomic E-state index is 0.722. The van der Waals surface area contributed by atoms with Gasteiger partial charge in [-0.15, -0.1) is 0 Å². The number of rotatable bonds is 2. The molecule has 0 aromatic heterocycles. The minimum Gasteiger partial charge on any atom is -0.399 e. The molecule has 0 unspecified atom stereocenters. The molecule has 20 heavy (non-hydrogen) atoms. The second-order valence-electron chi connectivity index (χ2n) is 5.11. The zero-order valence-corrected chi connectivity index (χ0v) is 12.6. The fourth-order valence-corrected chi connectivity index (χ4v) is 3.25. The van der Waals surface area contributed by atoms with E-state index >= 15 is 0 Å². The second-order valence-corrected chi connectivity index (χ2v) is 5.93. The first kappa shape index (κ1) is 13.6. The van der Waals surface area contributed by atoms with E-state index in [0.717, 1.165) is 47.2 Å². The lowest BCUT2D eigenvalue weighted by molar-refractivity contribution is 0.691. The SMILES string of the molecule is Nc1ccc2c(c1)CCCN2Cc1c(Cl)cccc1Cl. The van der Waals surface area contributed by atoms with E-state index in [2.05, 4.69) is 17.0 Å². The highest BCUT2D eigenvalue weighted by Gasteiger charge is 2.19. The van der Waals surface area contributed by atoms with E-state index in [9.17, 15) is 0 Å². The summed E-state index contributed by atoms with van der Waals surface area (Å²) in [6.45, 7) is 1.74. The number of hydrogen-bond donors (Lipinski definition) is 1. The van der Waals surface area contributed by atoms with Crippen LogP contribution in [0.15, 0.2) is 36.4 Å². The van der Waals surface area contributed by atoms with Crippen molar-refractivity contribution in [2.75, 3.05) is 17.2 Å². The maximum atomic E-state index is 6.27. The van der Waals surface area contributed by atoms with E-state index in [4.69, 9.17) is 28.9 Å². The number of anilines is 2. The quantitative estimate of drug-likeness (QED) is 0.826. The van der Waals surface area contributed by atoms with Gasteiger partial charge in [0.25, 0.3) is 0 Å². The first-order valence-electron chi connectivity index (χ1n) is 6.71. The van der Waals surface area contributed by atoms with Crippen LogP contribution in [-0.2, 0) is 13.0 Å². The topological polar surface area (TPSA) is 29.3 Å². The van der Waals surface area contributed by atoms with Gasteiger partial charge in [-0.3, -0.25) is 0 Å². The molecule has 0 saturated heterocycles. The number of nitrogens with two attached hydrogens (primary N) is 1. The van der Waals surface area contributed by atoms with Gasteiger partial charge in [0.2, 0.25) is 0 Å². The predicted molar refractivity (Wildman–Crippen MR) is 86.7 cm³/mol. The van der Waals surface area contributed by atoms with Gasteiger partial charge in [0, 0.05) is 40.1 Å². The molecule has 0 fully saturated rings. The number of halogens is 2. The van der Waals surface area contributed by atoms with E-state index < -0.39 is 0 Å². The Morgan fingerprint density at radius 2 is 1.85 bits per heavy atom. The molecule has 0 saturated carbocycles. The van der Waals surface area contributed by atoms with Gasteiger partial charge in [-0.1, -0.05) is 29.3 Å². The standard InChI is InChI=1S/C16H16Cl2N2/c17-14-4-1-5-15(18)13(14)10-20-8-2-3-11-9-12(19)6-7-16(11)20/h1,4-7,9H,2-3,8,10,19H2. The first-order chi connectivity index (χ1) is 9.65. The third kappa shape index (κ3) is 2.58. The van der Waals surface area contributed by atoms with Gasteiger partial charge in [-0.2, -0.15) is 0 Å². The highest BCUT2D eigenvalue weighted by molar-refractivity contribution is 6.36. The lowest BCUT2D eigenvalue weighted by Crippen LogP contribution is -2.29. The molecule has 4 heteroatoms. The fraction of sp³-hybridized carbons (Fsp3) is 0.250. The van der Waals surface area contributed by atoms with Gasteiger partial charge in [0.1, 0.15) is 0 Å². The molecule has 2 N–H and O–H groups in total. The number of nitrogen functional groups attached to an aromatic ring is 1. The summed E-state index contributed by atoms with van der Waals surface area (Å²) in [4.78, 5) is 2.32. The largest absolute Gasteiger partial charge is 0.399 e. The molecule has 104 valence electrons. The van der Waals surface area contributed by atoms with Crippen molar-refractivity contribution in [1.29, 1.82) is 0 Å². The van der Waals surface area contributed by atoms with Crippen LogP contribution in [0.3, 0.4) is 0 Å². The molecule has 2 aromatic carbocycles. The summed E-state index contributed by atoms with van der Waals surface area (Å²) in [5.41, 5.74) is 10.2. The molecule has 1 heterocycles. The molecule has 1 aliphatic rings. The molecule has 0 atom stereocenters. The monoisotopic (exact) mass is 306 g/mol. The van der Waals surface area contributed by atoms with Crippen LogP contribution < -0.4 is 10.6 Å². The van der Waals surface area contributed by atoms with Crippen molar-refractivity contribution < 1.29 is 0 Å². The van der Waals surface area contributed by atoms with Crippen LogP contribution in [0.2, 0.25) is 10.0 Å². The zero-order valence-electron chi connectivity index (χ0n) is 11.1. The maximum Gasteiger partial charge on any atom is 0.0470 e. The van der Waals surface area contributed by atoms with Crippen molar-refractivity contribution >= 4 is 34.6 Å². The summed E-state index contributed by atoms with van der Waals surface area (Å²) in [7, 11) is 0. The normalized spacial score (nSPS) is 14.2. The van der Waals surface area contributed by atoms with Crippen LogP contribution in [0.4, 0.5) is 11.4 Å². The molecule has 2 nitrogen and oxygen atoms in total. The summed E-state index contributed by atoms with van der Waals surface area (Å²) in [5, 5.41) is 1.44. The number of hydrogen-bond acceptors (Lipinski definition) is 2. The summed E-state index contributed by atoms with van der Waals surface area (Å²) < 4.78 is 0. The smallest absolute Gasteiger partial charge is 0.0470 e. The molecular formula is C16H16Cl2N2. The molecule has 0 aliphatic carbocycles. The van der Waals surface area contributed by atoms with Gasteiger partial charge >= 0.3 is 0 Å². The number of benzene rings is 2. The number of fused-ring (bicyclic) bond motifs is 1. The zero-order chi connectivity index (χ0) is 14.1. The van der Waals surface area contributed by atoms with Gasteiger partial charge in [-0.05, 0) is 48.7 Å². The lowest BCUT2D eigenvalue weighted by Gasteiger charge is -2.32. The van der Waals surface area contributed by atoms with Crippen molar-refractivity contribution in [2.45, 2.75) is 19.4 Å². The van der Waals surface area contributed by atoms with Crippen LogP contribution in [0.5, 0.6) is 0 Å². The lowest BCUT2D eigenvalue weighted by atomic mass is 10.0. The third-order valence-electron chi connectivity index (χ3n) is 3.73. The van der Waals surface area contributed by atoms with Gasteiger partial charge in [0.15, 0.2) is 0 Å². The van der Waals surface area contributed by atoms with E-state index in [1.165, 1.54) is 11.3 Å². The van der Waals surface area contributed by atoms with Crippen LogP contribution in [-0.4, -0.2) is 6.54 Å². The second kappa shape index (κ2) is 5.55. The van der Waals surface area contributed by atoms with E-state index in [1.807, 2.05) is 24.3 Å². The number of nitrogens with zero attached hydrogens (tertiary/aromatic N) is 1. The summed E-state index contributed by atoms with van der Waals surface area (Å²) >= 11 is 12.5. The van der Waals surface area contributed by atoms with E-state index in [0.29, 0.717) is 0 Å². The number of aryl methyl sites for hydroxylation is 1. The van der Waals surface area contributed by atoms with Crippen LogP contribution in [0, 0.1) is 0 Å². The molecular weight excluding hydrogens is 291 g/mol. The molecule has 0 spiro atoms. The Balaban J connectivity index is 1.94. The van der Waals surface area contributed by atoms with Crippen molar-refractivity contribution in [3.63, 3.8) is 0 Å². The third-order valence-corrected chi connectivity index (χ3v) is 4.44. The molecule has 0 bridgehead atoms. The average Bonchev–Trinajstić information content (AvgIpc) is 2.42. The molecule has 1 aliphatic heterocycles. The summed E-state index contributed by atoms with van der Waals surface area (Å²) in [6.07, 6.45) is 2.20. The van der Waals surface area contributed by atoms with Crippen molar-refractivity contribution in [2.24, 2.45) is 0 Å². The van der Waals surface area contributed by atoms with Gasteiger partial charge in [0.05, 0.1) is 0 Å².